The van der Waals surface area contributed by atoms with Crippen LogP contribution < -0.4 is 10.9 Å². The maximum atomic E-state index is 13.9. The number of imide groups is 1. The van der Waals surface area contributed by atoms with Gasteiger partial charge in [0.15, 0.2) is 0 Å². The van der Waals surface area contributed by atoms with Gasteiger partial charge in [0.05, 0.1) is 23.5 Å². The smallest absolute Gasteiger partial charge is 0.417 e. The van der Waals surface area contributed by atoms with E-state index in [1.807, 2.05) is 0 Å². The Labute approximate surface area is 259 Å². The molecule has 1 aliphatic rings. The molecule has 3 amide bonds. The highest BCUT2D eigenvalue weighted by Gasteiger charge is 2.36. The number of fused-ring (bicyclic) bond motifs is 1. The third kappa shape index (κ3) is 6.39. The highest BCUT2D eigenvalue weighted by atomic mass is 79.9. The van der Waals surface area contributed by atoms with E-state index in [4.69, 9.17) is 0 Å². The molecule has 44 heavy (non-hydrogen) atoms. The van der Waals surface area contributed by atoms with Crippen LogP contribution in [0.5, 0.6) is 0 Å². The summed E-state index contributed by atoms with van der Waals surface area (Å²) in [5.41, 5.74) is -0.393. The van der Waals surface area contributed by atoms with Gasteiger partial charge in [0.1, 0.15) is 7.11 Å². The van der Waals surface area contributed by atoms with Crippen molar-refractivity contribution < 1.29 is 32.3 Å². The number of carbonyl (C=O) groups excluding carboxylic acids is 3. The zero-order valence-corrected chi connectivity index (χ0v) is 25.5. The Hall–Kier alpha value is -4.46. The number of amides is 3. The molecule has 0 saturated heterocycles. The highest BCUT2D eigenvalue weighted by molar-refractivity contribution is 9.10. The van der Waals surface area contributed by atoms with E-state index in [-0.39, 0.29) is 40.6 Å². The zero-order valence-electron chi connectivity index (χ0n) is 23.9. The molecule has 1 radical (unpaired) electrons. The Morgan fingerprint density at radius 3 is 2.41 bits per heavy atom. The first-order valence-electron chi connectivity index (χ1n) is 13.2. The van der Waals surface area contributed by atoms with Gasteiger partial charge >= 0.3 is 12.3 Å². The van der Waals surface area contributed by atoms with Crippen LogP contribution in [0.15, 0.2) is 64.4 Å². The average Bonchev–Trinajstić information content (AvgIpc) is 2.99. The molecule has 1 aliphatic heterocycles. The van der Waals surface area contributed by atoms with Crippen LogP contribution in [0.1, 0.15) is 51.4 Å². The molecule has 0 fully saturated rings. The summed E-state index contributed by atoms with van der Waals surface area (Å²) in [5.74, 6) is -1.15. The van der Waals surface area contributed by atoms with Gasteiger partial charge in [0.2, 0.25) is 5.95 Å². The van der Waals surface area contributed by atoms with E-state index in [0.717, 1.165) is 11.0 Å². The number of nitrogens with one attached hydrogen (secondary N) is 1. The van der Waals surface area contributed by atoms with Gasteiger partial charge in [-0.1, -0.05) is 22.0 Å². The van der Waals surface area contributed by atoms with Crippen LogP contribution in [0.4, 0.5) is 23.9 Å². The number of alkyl halides is 3. The van der Waals surface area contributed by atoms with Crippen molar-refractivity contribution in [3.05, 3.63) is 105 Å². The first-order valence-corrected chi connectivity index (χ1v) is 14.0. The summed E-state index contributed by atoms with van der Waals surface area (Å²) in [6.45, 7) is 7.13. The Bertz CT molecular complexity index is 1690. The minimum Gasteiger partial charge on any atom is -0.445 e. The molecule has 2 heterocycles. The van der Waals surface area contributed by atoms with Crippen molar-refractivity contribution in [1.29, 1.82) is 0 Å². The predicted molar refractivity (Wildman–Crippen MR) is 159 cm³/mol. The molecule has 2 atom stereocenters. The largest absolute Gasteiger partial charge is 0.445 e. The Morgan fingerprint density at radius 2 is 1.82 bits per heavy atom. The molecule has 0 bridgehead atoms. The van der Waals surface area contributed by atoms with E-state index >= 15 is 0 Å². The Balaban J connectivity index is 1.74. The standard InChI is InChI=1S/C30H28BrF3N5O5/c1-6-16(2)35-28-36-24-15-38(26(41)19-9-12-23(31)22(14-19)30(32,33)34)17(3)13-21(24)27(42)39(28)20-10-7-18(8-11-20)25(40)37(4)29(43)44-5/h6-12,14,16-17H,1,5,13,15H2,2-4H3,(H,35,36)/t16-,17+/m0/s1. The van der Waals surface area contributed by atoms with E-state index in [2.05, 4.69) is 44.7 Å². The topological polar surface area (TPSA) is 114 Å². The number of ether oxygens (including phenoxy) is 1. The molecule has 2 aromatic carbocycles. The second-order valence-corrected chi connectivity index (χ2v) is 11.0. The summed E-state index contributed by atoms with van der Waals surface area (Å²) in [6.07, 6.45) is -3.91. The van der Waals surface area contributed by atoms with Crippen LogP contribution in [0, 0.1) is 7.11 Å². The number of anilines is 1. The predicted octanol–water partition coefficient (Wildman–Crippen LogP) is 5.59. The van der Waals surface area contributed by atoms with Gasteiger partial charge in [-0.2, -0.15) is 13.2 Å². The van der Waals surface area contributed by atoms with Gasteiger partial charge < -0.3 is 15.0 Å². The fourth-order valence-electron chi connectivity index (χ4n) is 4.70. The monoisotopic (exact) mass is 674 g/mol. The van der Waals surface area contributed by atoms with E-state index in [1.165, 1.54) is 52.9 Å². The molecule has 0 unspecified atom stereocenters. The summed E-state index contributed by atoms with van der Waals surface area (Å²) in [6, 6.07) is 8.32. The van der Waals surface area contributed by atoms with Crippen LogP contribution in [0.25, 0.3) is 5.69 Å². The van der Waals surface area contributed by atoms with Crippen molar-refractivity contribution in [2.24, 2.45) is 0 Å². The normalized spacial score (nSPS) is 15.2. The van der Waals surface area contributed by atoms with E-state index < -0.39 is 41.2 Å². The molecule has 14 heteroatoms. The maximum absolute atomic E-state index is 13.9. The van der Waals surface area contributed by atoms with E-state index in [0.29, 0.717) is 16.9 Å². The number of rotatable bonds is 6. The molecule has 4 rings (SSSR count). The van der Waals surface area contributed by atoms with Crippen LogP contribution in [-0.4, -0.2) is 56.4 Å². The van der Waals surface area contributed by atoms with Gasteiger partial charge in [0.25, 0.3) is 17.4 Å². The van der Waals surface area contributed by atoms with Gasteiger partial charge in [-0.15, -0.1) is 6.58 Å². The number of aromatic nitrogens is 2. The lowest BCUT2D eigenvalue weighted by Crippen LogP contribution is -2.46. The summed E-state index contributed by atoms with van der Waals surface area (Å²) < 4.78 is 46.0. The Morgan fingerprint density at radius 1 is 1.18 bits per heavy atom. The number of hydrogen-bond acceptors (Lipinski definition) is 7. The lowest BCUT2D eigenvalue weighted by Gasteiger charge is -2.35. The third-order valence-electron chi connectivity index (χ3n) is 7.18. The first kappa shape index (κ1) is 32.5. The average molecular weight is 675 g/mol. The molecule has 1 aromatic heterocycles. The van der Waals surface area contributed by atoms with Gasteiger partial charge in [0, 0.05) is 40.3 Å². The molecule has 1 N–H and O–H groups in total. The van der Waals surface area contributed by atoms with Crippen molar-refractivity contribution in [3.8, 4) is 5.69 Å². The van der Waals surface area contributed by atoms with Crippen molar-refractivity contribution in [2.45, 2.75) is 45.1 Å². The lowest BCUT2D eigenvalue weighted by molar-refractivity contribution is -0.138. The number of benzene rings is 2. The van der Waals surface area contributed by atoms with E-state index in [9.17, 15) is 32.3 Å². The van der Waals surface area contributed by atoms with Crippen molar-refractivity contribution in [3.63, 3.8) is 0 Å². The second-order valence-electron chi connectivity index (χ2n) is 10.2. The molecular weight excluding hydrogens is 647 g/mol. The first-order chi connectivity index (χ1) is 20.7. The van der Waals surface area contributed by atoms with Crippen LogP contribution >= 0.6 is 15.9 Å². The molecule has 0 saturated carbocycles. The summed E-state index contributed by atoms with van der Waals surface area (Å²) in [5, 5.41) is 3.10. The van der Waals surface area contributed by atoms with Crippen molar-refractivity contribution in [1.82, 2.24) is 19.4 Å². The summed E-state index contributed by atoms with van der Waals surface area (Å²) in [4.78, 5) is 58.5. The molecule has 0 aliphatic carbocycles. The molecule has 3 aromatic rings. The summed E-state index contributed by atoms with van der Waals surface area (Å²) >= 11 is 2.89. The molecule has 10 nitrogen and oxygen atoms in total. The number of hydrogen-bond donors (Lipinski definition) is 1. The van der Waals surface area contributed by atoms with Gasteiger partial charge in [-0.05, 0) is 62.7 Å². The maximum Gasteiger partial charge on any atom is 0.417 e. The second kappa shape index (κ2) is 12.6. The van der Waals surface area contributed by atoms with Crippen molar-refractivity contribution >= 4 is 39.8 Å². The van der Waals surface area contributed by atoms with Crippen LogP contribution in [0.3, 0.4) is 0 Å². The number of halogens is 4. The minimum absolute atomic E-state index is 0.0986. The number of carbonyl (C=O) groups is 3. The van der Waals surface area contributed by atoms with E-state index in [1.54, 1.807) is 19.9 Å². The fourth-order valence-corrected chi connectivity index (χ4v) is 5.17. The molecular formula is C30H28BrF3N5O5. The molecule has 0 spiro atoms. The Kier molecular flexibility index (Phi) is 9.33. The third-order valence-corrected chi connectivity index (χ3v) is 7.87. The number of nitrogens with zero attached hydrogens (tertiary/aromatic N) is 4. The van der Waals surface area contributed by atoms with Gasteiger partial charge in [-0.25, -0.2) is 19.2 Å². The SMILES string of the molecule is [CH2]OC(=O)N(C)C(=O)c1ccc(-n2c(N[C@@H](C)C=C)nc3c(c2=O)C[C@@H](C)N(C(=O)c2ccc(Br)c(C(F)(F)F)c2)C3)cc1. The van der Waals surface area contributed by atoms with Gasteiger partial charge in [-0.3, -0.25) is 14.4 Å². The lowest BCUT2D eigenvalue weighted by atomic mass is 9.98. The van der Waals surface area contributed by atoms with Crippen molar-refractivity contribution in [2.75, 3.05) is 12.4 Å². The van der Waals surface area contributed by atoms with Crippen LogP contribution in [-0.2, 0) is 23.9 Å². The quantitative estimate of drug-likeness (QED) is 0.339. The minimum atomic E-state index is -4.66. The fraction of sp³-hybridized carbons (Fsp3) is 0.267. The highest BCUT2D eigenvalue weighted by Crippen LogP contribution is 2.36. The zero-order chi connectivity index (χ0) is 32.5. The van der Waals surface area contributed by atoms with Crippen LogP contribution in [0.2, 0.25) is 0 Å². The summed E-state index contributed by atoms with van der Waals surface area (Å²) in [7, 11) is 4.24. The molecule has 231 valence electrons.